The molecule has 1 aromatic carbocycles. The topological polar surface area (TPSA) is 158 Å². The summed E-state index contributed by atoms with van der Waals surface area (Å²) < 4.78 is 26.1. The molecule has 1 fully saturated rings. The van der Waals surface area contributed by atoms with Crippen molar-refractivity contribution < 1.29 is 42.9 Å². The third-order valence-corrected chi connectivity index (χ3v) is 10.9. The molecule has 0 spiro atoms. The molecule has 1 aliphatic rings. The highest BCUT2D eigenvalue weighted by Crippen LogP contribution is 2.30. The average molecular weight is 764 g/mol. The second kappa shape index (κ2) is 21.5. The first-order chi connectivity index (χ1) is 25.3. The largest absolute Gasteiger partial charge is 0.480 e. The van der Waals surface area contributed by atoms with Gasteiger partial charge in [-0.05, 0) is 56.3 Å². The van der Waals surface area contributed by atoms with Crippen molar-refractivity contribution in [3.63, 3.8) is 0 Å². The molecule has 1 unspecified atom stereocenters. The summed E-state index contributed by atoms with van der Waals surface area (Å²) in [5.74, 6) is -4.28. The van der Waals surface area contributed by atoms with Gasteiger partial charge in [-0.25, -0.2) is 9.18 Å². The van der Waals surface area contributed by atoms with E-state index in [9.17, 15) is 33.5 Å². The highest BCUT2D eigenvalue weighted by Gasteiger charge is 2.43. The summed E-state index contributed by atoms with van der Waals surface area (Å²) in [5.41, 5.74) is 0.165. The standard InChI is InChI=1S/C40H66FN5O8/c1-13-25(6)35(45(10)39(50)33(23(2)3)43-38(49)34(24(4)5)44(8)9)31(53-11)22-32(47)46-20-16-19-30(46)36(54-12)26(7)37(48)42-29(40(51)52)21-27-17-14-15-18-28(27)41/h14-15,17-18,23-26,29-31,33-36H,13,16,19-22H2,1-12H3,(H,42,48)(H,43,49)(H,51,52)/t25-,26+,29-,30-,31+,33-,34-,35?,36+/m0/s1. The molecule has 13 nitrogen and oxygen atoms in total. The molecular formula is C40H66FN5O8. The minimum Gasteiger partial charge on any atom is -0.480 e. The fourth-order valence-corrected chi connectivity index (χ4v) is 7.80. The van der Waals surface area contributed by atoms with Gasteiger partial charge in [-0.15, -0.1) is 0 Å². The van der Waals surface area contributed by atoms with Crippen molar-refractivity contribution in [2.75, 3.05) is 41.9 Å². The van der Waals surface area contributed by atoms with Gasteiger partial charge < -0.3 is 35.0 Å². The van der Waals surface area contributed by atoms with E-state index < -0.39 is 66.0 Å². The van der Waals surface area contributed by atoms with Crippen molar-refractivity contribution in [3.8, 4) is 0 Å². The summed E-state index contributed by atoms with van der Waals surface area (Å²) in [7, 11) is 8.33. The van der Waals surface area contributed by atoms with Gasteiger partial charge in [-0.2, -0.15) is 0 Å². The number of methoxy groups -OCH3 is 2. The first-order valence-electron chi connectivity index (χ1n) is 19.2. The molecule has 1 saturated heterocycles. The third kappa shape index (κ3) is 11.9. The Morgan fingerprint density at radius 2 is 1.57 bits per heavy atom. The lowest BCUT2D eigenvalue weighted by atomic mass is 9.89. The number of hydrogen-bond acceptors (Lipinski definition) is 8. The second-order valence-corrected chi connectivity index (χ2v) is 15.7. The summed E-state index contributed by atoms with van der Waals surface area (Å²) >= 11 is 0. The highest BCUT2D eigenvalue weighted by atomic mass is 19.1. The molecule has 9 atom stereocenters. The third-order valence-electron chi connectivity index (χ3n) is 10.9. The minimum atomic E-state index is -1.37. The number of rotatable bonds is 21. The number of ether oxygens (including phenoxy) is 2. The molecule has 0 bridgehead atoms. The lowest BCUT2D eigenvalue weighted by Gasteiger charge is -2.41. The van der Waals surface area contributed by atoms with Crippen molar-refractivity contribution in [1.82, 2.24) is 25.3 Å². The Labute approximate surface area is 321 Å². The van der Waals surface area contributed by atoms with Gasteiger partial charge in [0.15, 0.2) is 0 Å². The highest BCUT2D eigenvalue weighted by molar-refractivity contribution is 5.90. The minimum absolute atomic E-state index is 0.0223. The zero-order valence-electron chi connectivity index (χ0n) is 34.4. The van der Waals surface area contributed by atoms with Gasteiger partial charge in [0, 0.05) is 34.2 Å². The summed E-state index contributed by atoms with van der Waals surface area (Å²) in [6.45, 7) is 13.8. The average Bonchev–Trinajstić information content (AvgIpc) is 3.59. The number of carbonyl (C=O) groups excluding carboxylic acids is 4. The molecular weight excluding hydrogens is 697 g/mol. The van der Waals surface area contributed by atoms with Gasteiger partial charge in [0.2, 0.25) is 23.6 Å². The molecule has 1 aliphatic heterocycles. The van der Waals surface area contributed by atoms with Crippen LogP contribution < -0.4 is 10.6 Å². The van der Waals surface area contributed by atoms with E-state index in [1.54, 1.807) is 29.8 Å². The maximum absolute atomic E-state index is 14.3. The molecule has 4 amide bonds. The number of benzene rings is 1. The van der Waals surface area contributed by atoms with E-state index in [2.05, 4.69) is 10.6 Å². The molecule has 14 heteroatoms. The Kier molecular flexibility index (Phi) is 18.5. The number of likely N-dealkylation sites (N-methyl/N-ethyl adjacent to an activating group) is 2. The molecule has 54 heavy (non-hydrogen) atoms. The fourth-order valence-electron chi connectivity index (χ4n) is 7.80. The summed E-state index contributed by atoms with van der Waals surface area (Å²) in [6.07, 6.45) is 0.192. The summed E-state index contributed by atoms with van der Waals surface area (Å²) in [6, 6.07) is 2.23. The van der Waals surface area contributed by atoms with Crippen molar-refractivity contribution in [2.24, 2.45) is 23.7 Å². The van der Waals surface area contributed by atoms with Crippen LogP contribution in [0.4, 0.5) is 4.39 Å². The van der Waals surface area contributed by atoms with Crippen LogP contribution in [0, 0.1) is 29.5 Å². The molecule has 0 saturated carbocycles. The zero-order chi connectivity index (χ0) is 41.0. The van der Waals surface area contributed by atoms with Crippen LogP contribution in [0.25, 0.3) is 0 Å². The number of carboxylic acids is 1. The number of hydrogen-bond donors (Lipinski definition) is 3. The number of aliphatic carboxylic acids is 1. The number of carboxylic acid groups (broad SMARTS) is 1. The molecule has 0 radical (unpaired) electrons. The van der Waals surface area contributed by atoms with E-state index >= 15 is 0 Å². The van der Waals surface area contributed by atoms with Gasteiger partial charge in [0.1, 0.15) is 17.9 Å². The van der Waals surface area contributed by atoms with E-state index in [0.29, 0.717) is 25.8 Å². The van der Waals surface area contributed by atoms with E-state index in [1.807, 2.05) is 60.5 Å². The lowest BCUT2D eigenvalue weighted by molar-refractivity contribution is -0.148. The number of amides is 4. The fraction of sp³-hybridized carbons (Fsp3) is 0.725. The number of nitrogens with one attached hydrogen (secondary N) is 2. The maximum Gasteiger partial charge on any atom is 0.326 e. The Morgan fingerprint density at radius 3 is 2.07 bits per heavy atom. The van der Waals surface area contributed by atoms with Crippen molar-refractivity contribution in [2.45, 2.75) is 123 Å². The maximum atomic E-state index is 14.3. The summed E-state index contributed by atoms with van der Waals surface area (Å²) in [5, 5.41) is 15.4. The predicted octanol–water partition coefficient (Wildman–Crippen LogP) is 3.58. The van der Waals surface area contributed by atoms with E-state index in [4.69, 9.17) is 9.47 Å². The number of likely N-dealkylation sites (tertiary alicyclic amines) is 1. The number of halogens is 1. The number of nitrogens with zero attached hydrogens (tertiary/aromatic N) is 3. The normalized spacial score (nSPS) is 19.1. The first-order valence-corrected chi connectivity index (χ1v) is 19.2. The van der Waals surface area contributed by atoms with Crippen LogP contribution in [0.1, 0.15) is 79.7 Å². The van der Waals surface area contributed by atoms with Crippen LogP contribution in [0.3, 0.4) is 0 Å². The van der Waals surface area contributed by atoms with Gasteiger partial charge in [-0.3, -0.25) is 24.1 Å². The molecule has 3 N–H and O–H groups in total. The molecule has 0 aliphatic carbocycles. The SMILES string of the molecule is CC[C@H](C)C([C@@H](CC(=O)N1CCC[C@H]1[C@H](OC)[C@@H](C)C(=O)N[C@@H](Cc1ccccc1F)C(=O)O)OC)N(C)C(=O)[C@@H](NC(=O)[C@H](C(C)C)N(C)C)C(C)C. The Balaban J connectivity index is 2.28. The Bertz CT molecular complexity index is 1400. The number of carbonyl (C=O) groups is 5. The van der Waals surface area contributed by atoms with Crippen LogP contribution in [0.2, 0.25) is 0 Å². The van der Waals surface area contributed by atoms with Crippen LogP contribution in [-0.2, 0) is 39.9 Å². The van der Waals surface area contributed by atoms with Crippen LogP contribution in [0.5, 0.6) is 0 Å². The quantitative estimate of drug-likeness (QED) is 0.170. The van der Waals surface area contributed by atoms with Crippen molar-refractivity contribution in [1.29, 1.82) is 0 Å². The predicted molar refractivity (Wildman–Crippen MR) is 205 cm³/mol. The monoisotopic (exact) mass is 763 g/mol. The van der Waals surface area contributed by atoms with Gasteiger partial charge >= 0.3 is 5.97 Å². The summed E-state index contributed by atoms with van der Waals surface area (Å²) in [4.78, 5) is 72.4. The van der Waals surface area contributed by atoms with Crippen LogP contribution >= 0.6 is 0 Å². The lowest BCUT2D eigenvalue weighted by Crippen LogP contribution is -2.59. The smallest absolute Gasteiger partial charge is 0.326 e. The molecule has 2 rings (SSSR count). The zero-order valence-corrected chi connectivity index (χ0v) is 34.4. The van der Waals surface area contributed by atoms with Crippen LogP contribution in [-0.4, -0.2) is 134 Å². The molecule has 1 aromatic rings. The van der Waals surface area contributed by atoms with Gasteiger partial charge in [-0.1, -0.05) is 73.1 Å². The molecule has 0 aromatic heterocycles. The van der Waals surface area contributed by atoms with Crippen molar-refractivity contribution in [3.05, 3.63) is 35.6 Å². The molecule has 1 heterocycles. The Hall–Kier alpha value is -3.62. The Morgan fingerprint density at radius 1 is 0.944 bits per heavy atom. The van der Waals surface area contributed by atoms with Gasteiger partial charge in [0.05, 0.1) is 42.7 Å². The van der Waals surface area contributed by atoms with Crippen molar-refractivity contribution >= 4 is 29.6 Å². The van der Waals surface area contributed by atoms with Crippen LogP contribution in [0.15, 0.2) is 24.3 Å². The van der Waals surface area contributed by atoms with Gasteiger partial charge in [0.25, 0.3) is 0 Å². The van der Waals surface area contributed by atoms with E-state index in [-0.39, 0.29) is 53.9 Å². The second-order valence-electron chi connectivity index (χ2n) is 15.7. The van der Waals surface area contributed by atoms with E-state index in [1.165, 1.54) is 32.4 Å². The molecule has 306 valence electrons. The first kappa shape index (κ1) is 46.5. The van der Waals surface area contributed by atoms with E-state index in [0.717, 1.165) is 0 Å².